The van der Waals surface area contributed by atoms with Gasteiger partial charge in [0.1, 0.15) is 22.9 Å². The molecule has 0 atom stereocenters. The van der Waals surface area contributed by atoms with Gasteiger partial charge in [0, 0.05) is 24.8 Å². The van der Waals surface area contributed by atoms with E-state index in [-0.39, 0.29) is 53.2 Å². The molecule has 1 amide bonds. The van der Waals surface area contributed by atoms with Crippen molar-refractivity contribution in [3.8, 4) is 11.5 Å². The van der Waals surface area contributed by atoms with Crippen LogP contribution in [0.3, 0.4) is 0 Å². The Morgan fingerprint density at radius 2 is 1.64 bits per heavy atom. The van der Waals surface area contributed by atoms with E-state index in [2.05, 4.69) is 5.32 Å². The van der Waals surface area contributed by atoms with E-state index >= 15 is 0 Å². The number of hydrogen-bond acceptors (Lipinski definition) is 8. The predicted octanol–water partition coefficient (Wildman–Crippen LogP) is 2.56. The number of anilines is 2. The lowest BCUT2D eigenvalue weighted by Gasteiger charge is -2.27. The summed E-state index contributed by atoms with van der Waals surface area (Å²) < 4.78 is 71.7. The van der Waals surface area contributed by atoms with Crippen LogP contribution in [-0.4, -0.2) is 74.1 Å². The first-order valence-corrected chi connectivity index (χ1v) is 14.8. The van der Waals surface area contributed by atoms with Gasteiger partial charge >= 0.3 is 0 Å². The van der Waals surface area contributed by atoms with E-state index < -0.39 is 32.5 Å². The fraction of sp³-hybridized carbons (Fsp3) is 0.269. The number of sulfonamides is 2. The molecule has 11 nitrogen and oxygen atoms in total. The van der Waals surface area contributed by atoms with E-state index in [1.807, 2.05) is 0 Å². The Labute approximate surface area is 228 Å². The lowest BCUT2D eigenvalue weighted by atomic mass is 10.3. The maximum absolute atomic E-state index is 13.6. The van der Waals surface area contributed by atoms with E-state index in [4.69, 9.17) is 14.2 Å². The number of morpholine rings is 1. The van der Waals surface area contributed by atoms with E-state index in [0.29, 0.717) is 5.75 Å². The van der Waals surface area contributed by atoms with Gasteiger partial charge in [0.05, 0.1) is 38.0 Å². The molecule has 1 N–H and O–H groups in total. The normalized spacial score (nSPS) is 14.4. The fourth-order valence-corrected chi connectivity index (χ4v) is 7.04. The maximum atomic E-state index is 13.6. The number of ether oxygens (including phenoxy) is 3. The molecule has 208 valence electrons. The van der Waals surface area contributed by atoms with Crippen LogP contribution < -0.4 is 19.1 Å². The summed E-state index contributed by atoms with van der Waals surface area (Å²) >= 11 is 0. The van der Waals surface area contributed by atoms with E-state index in [1.54, 1.807) is 36.4 Å². The quantitative estimate of drug-likeness (QED) is 0.390. The monoisotopic (exact) mass is 575 g/mol. The topological polar surface area (TPSA) is 132 Å². The summed E-state index contributed by atoms with van der Waals surface area (Å²) in [5.41, 5.74) is 0.383. The largest absolute Gasteiger partial charge is 0.497 e. The van der Waals surface area contributed by atoms with Gasteiger partial charge in [-0.05, 0) is 42.5 Å². The Hall–Kier alpha value is -3.65. The summed E-state index contributed by atoms with van der Waals surface area (Å²) in [6.45, 7) is 0.341. The zero-order chi connectivity index (χ0) is 28.0. The standard InChI is InChI=1S/C26H29N3O8S2/c1-35-22-8-6-7-21(18-22)29(38(31,32)23-9-4-3-5-10-23)19-26(30)27-20-11-12-24(36-2)25(17-20)39(33,34)28-13-15-37-16-14-28/h3-12,17-18H,13-16,19H2,1-2H3,(H,27,30). The molecule has 0 aliphatic carbocycles. The summed E-state index contributed by atoms with van der Waals surface area (Å²) in [7, 11) is -5.27. The van der Waals surface area contributed by atoms with Crippen LogP contribution in [0.15, 0.2) is 82.6 Å². The fourth-order valence-electron chi connectivity index (χ4n) is 4.01. The number of nitrogens with zero attached hydrogens (tertiary/aromatic N) is 2. The first-order valence-electron chi connectivity index (χ1n) is 11.9. The van der Waals surface area contributed by atoms with Crippen LogP contribution in [0.1, 0.15) is 0 Å². The van der Waals surface area contributed by atoms with Crippen molar-refractivity contribution in [3.05, 3.63) is 72.8 Å². The average Bonchev–Trinajstić information content (AvgIpc) is 2.96. The second kappa shape index (κ2) is 12.0. The Morgan fingerprint density at radius 1 is 0.923 bits per heavy atom. The molecule has 1 aliphatic rings. The summed E-state index contributed by atoms with van der Waals surface area (Å²) in [6.07, 6.45) is 0. The number of nitrogens with one attached hydrogen (secondary N) is 1. The smallest absolute Gasteiger partial charge is 0.264 e. The molecule has 1 heterocycles. The minimum atomic E-state index is -4.14. The van der Waals surface area contributed by atoms with Crippen molar-refractivity contribution in [2.24, 2.45) is 0 Å². The van der Waals surface area contributed by atoms with Gasteiger partial charge in [-0.15, -0.1) is 0 Å². The summed E-state index contributed by atoms with van der Waals surface area (Å²) in [6, 6.07) is 18.3. The van der Waals surface area contributed by atoms with Gasteiger partial charge in [-0.1, -0.05) is 24.3 Å². The molecule has 3 aromatic rings. The van der Waals surface area contributed by atoms with Gasteiger partial charge in [-0.25, -0.2) is 16.8 Å². The van der Waals surface area contributed by atoms with Crippen LogP contribution in [0.25, 0.3) is 0 Å². The SMILES string of the molecule is COc1cccc(N(CC(=O)Nc2ccc(OC)c(S(=O)(=O)N3CCOCC3)c2)S(=O)(=O)c2ccccc2)c1. The molecule has 0 radical (unpaired) electrons. The molecule has 0 saturated carbocycles. The Bertz CT molecular complexity index is 1520. The van der Waals surface area contributed by atoms with E-state index in [0.717, 1.165) is 4.31 Å². The van der Waals surface area contributed by atoms with Crippen LogP contribution in [0.5, 0.6) is 11.5 Å². The molecule has 1 aliphatic heterocycles. The van der Waals surface area contributed by atoms with E-state index in [1.165, 1.54) is 54.9 Å². The lowest BCUT2D eigenvalue weighted by Crippen LogP contribution is -2.40. The van der Waals surface area contributed by atoms with Gasteiger partial charge in [-0.3, -0.25) is 9.10 Å². The first kappa shape index (κ1) is 28.4. The third-order valence-corrected chi connectivity index (χ3v) is 9.70. The third kappa shape index (κ3) is 6.33. The molecule has 3 aromatic carbocycles. The highest BCUT2D eigenvalue weighted by atomic mass is 32.2. The molecule has 1 fully saturated rings. The molecule has 1 saturated heterocycles. The Kier molecular flexibility index (Phi) is 8.75. The highest BCUT2D eigenvalue weighted by Crippen LogP contribution is 2.31. The van der Waals surface area contributed by atoms with Gasteiger partial charge in [0.2, 0.25) is 15.9 Å². The van der Waals surface area contributed by atoms with Crippen molar-refractivity contribution in [2.75, 3.05) is 56.7 Å². The number of amides is 1. The van der Waals surface area contributed by atoms with Gasteiger partial charge in [0.25, 0.3) is 10.0 Å². The number of benzene rings is 3. The third-order valence-electron chi connectivity index (χ3n) is 5.99. The molecule has 0 bridgehead atoms. The number of rotatable bonds is 10. The number of carbonyl (C=O) groups excluding carboxylic acids is 1. The van der Waals surface area contributed by atoms with Crippen molar-refractivity contribution >= 4 is 37.3 Å². The average molecular weight is 576 g/mol. The van der Waals surface area contributed by atoms with Gasteiger partial charge in [-0.2, -0.15) is 4.31 Å². The molecular formula is C26H29N3O8S2. The molecule has 0 aromatic heterocycles. The lowest BCUT2D eigenvalue weighted by molar-refractivity contribution is -0.114. The van der Waals surface area contributed by atoms with Crippen LogP contribution in [0.4, 0.5) is 11.4 Å². The second-order valence-electron chi connectivity index (χ2n) is 8.46. The number of carbonyl (C=O) groups is 1. The van der Waals surface area contributed by atoms with Crippen molar-refractivity contribution in [1.82, 2.24) is 4.31 Å². The predicted molar refractivity (Wildman–Crippen MR) is 145 cm³/mol. The van der Waals surface area contributed by atoms with Crippen LogP contribution >= 0.6 is 0 Å². The van der Waals surface area contributed by atoms with Gasteiger partial charge in [0.15, 0.2) is 0 Å². The summed E-state index contributed by atoms with van der Waals surface area (Å²) in [5, 5.41) is 2.62. The van der Waals surface area contributed by atoms with Crippen molar-refractivity contribution in [2.45, 2.75) is 9.79 Å². The van der Waals surface area contributed by atoms with Crippen molar-refractivity contribution < 1.29 is 35.8 Å². The zero-order valence-corrected chi connectivity index (χ0v) is 23.1. The number of methoxy groups -OCH3 is 2. The summed E-state index contributed by atoms with van der Waals surface area (Å²) in [5.74, 6) is -0.157. The van der Waals surface area contributed by atoms with Crippen molar-refractivity contribution in [1.29, 1.82) is 0 Å². The van der Waals surface area contributed by atoms with E-state index in [9.17, 15) is 21.6 Å². The number of hydrogen-bond donors (Lipinski definition) is 1. The molecule has 4 rings (SSSR count). The van der Waals surface area contributed by atoms with Crippen LogP contribution in [0, 0.1) is 0 Å². The molecule has 13 heteroatoms. The zero-order valence-electron chi connectivity index (χ0n) is 21.4. The van der Waals surface area contributed by atoms with Crippen molar-refractivity contribution in [3.63, 3.8) is 0 Å². The maximum Gasteiger partial charge on any atom is 0.264 e. The highest BCUT2D eigenvalue weighted by molar-refractivity contribution is 7.92. The van der Waals surface area contributed by atoms with Crippen LogP contribution in [-0.2, 0) is 29.6 Å². The van der Waals surface area contributed by atoms with Crippen LogP contribution in [0.2, 0.25) is 0 Å². The molecule has 39 heavy (non-hydrogen) atoms. The van der Waals surface area contributed by atoms with Gasteiger partial charge < -0.3 is 19.5 Å². The summed E-state index contributed by atoms with van der Waals surface area (Å²) in [4.78, 5) is 13.1. The Balaban J connectivity index is 1.64. The second-order valence-corrected chi connectivity index (χ2v) is 12.2. The first-order chi connectivity index (χ1) is 18.7. The molecule has 0 unspecified atom stereocenters. The molecular weight excluding hydrogens is 546 g/mol. The highest BCUT2D eigenvalue weighted by Gasteiger charge is 2.31. The Morgan fingerprint density at radius 3 is 2.31 bits per heavy atom. The minimum absolute atomic E-state index is 0.00366. The minimum Gasteiger partial charge on any atom is -0.497 e. The molecule has 0 spiro atoms.